The molecule has 0 heterocycles. The first-order chi connectivity index (χ1) is 9.04. The molecule has 1 aromatic carbocycles. The van der Waals surface area contributed by atoms with Crippen LogP contribution >= 0.6 is 0 Å². The molecule has 0 radical (unpaired) electrons. The third-order valence-electron chi connectivity index (χ3n) is 3.34. The first kappa shape index (κ1) is 13.6. The Hall–Kier alpha value is -1.84. The summed E-state index contributed by atoms with van der Waals surface area (Å²) < 4.78 is 0. The lowest BCUT2D eigenvalue weighted by molar-refractivity contribution is -0.137. The van der Waals surface area contributed by atoms with Crippen molar-refractivity contribution in [2.75, 3.05) is 0 Å². The van der Waals surface area contributed by atoms with Crippen molar-refractivity contribution < 1.29 is 14.7 Å². The van der Waals surface area contributed by atoms with E-state index in [1.807, 2.05) is 31.2 Å². The number of nitrogens with one attached hydrogen (secondary N) is 1. The lowest BCUT2D eigenvalue weighted by Gasteiger charge is -2.15. The van der Waals surface area contributed by atoms with Gasteiger partial charge in [-0.25, -0.2) is 0 Å². The minimum Gasteiger partial charge on any atom is -0.481 e. The van der Waals surface area contributed by atoms with Crippen molar-refractivity contribution in [1.29, 1.82) is 0 Å². The van der Waals surface area contributed by atoms with Crippen molar-refractivity contribution in [3.05, 3.63) is 35.4 Å². The average molecular weight is 261 g/mol. The fourth-order valence-electron chi connectivity index (χ4n) is 2.10. The molecule has 1 fully saturated rings. The molecule has 1 amide bonds. The molecule has 2 N–H and O–H groups in total. The van der Waals surface area contributed by atoms with E-state index in [9.17, 15) is 9.59 Å². The Morgan fingerprint density at radius 3 is 2.42 bits per heavy atom. The van der Waals surface area contributed by atoms with Crippen LogP contribution in [0.1, 0.15) is 42.7 Å². The second-order valence-corrected chi connectivity index (χ2v) is 5.25. The van der Waals surface area contributed by atoms with Crippen LogP contribution in [0.5, 0.6) is 0 Å². The van der Waals surface area contributed by atoms with Crippen LogP contribution in [-0.2, 0) is 9.59 Å². The third kappa shape index (κ3) is 4.39. The van der Waals surface area contributed by atoms with Gasteiger partial charge in [0, 0.05) is 18.4 Å². The number of carbonyl (C=O) groups excluding carboxylic acids is 1. The minimum atomic E-state index is -0.871. The zero-order valence-corrected chi connectivity index (χ0v) is 11.1. The van der Waals surface area contributed by atoms with Crippen molar-refractivity contribution in [2.24, 2.45) is 0 Å². The van der Waals surface area contributed by atoms with Crippen LogP contribution in [0, 0.1) is 6.92 Å². The molecular weight excluding hydrogens is 242 g/mol. The van der Waals surface area contributed by atoms with Crippen LogP contribution in [0.25, 0.3) is 0 Å². The fraction of sp³-hybridized carbons (Fsp3) is 0.467. The molecule has 102 valence electrons. The largest absolute Gasteiger partial charge is 0.481 e. The fourth-order valence-corrected chi connectivity index (χ4v) is 2.10. The highest BCUT2D eigenvalue weighted by molar-refractivity contribution is 5.78. The molecule has 1 aromatic rings. The first-order valence-electron chi connectivity index (χ1n) is 6.62. The van der Waals surface area contributed by atoms with Gasteiger partial charge in [-0.1, -0.05) is 29.8 Å². The number of benzene rings is 1. The Labute approximate surface area is 112 Å². The first-order valence-corrected chi connectivity index (χ1v) is 6.62. The molecule has 19 heavy (non-hydrogen) atoms. The maximum atomic E-state index is 11.8. The zero-order valence-electron chi connectivity index (χ0n) is 11.1. The Kier molecular flexibility index (Phi) is 4.20. The Morgan fingerprint density at radius 2 is 1.89 bits per heavy atom. The summed E-state index contributed by atoms with van der Waals surface area (Å²) in [5, 5.41) is 11.9. The van der Waals surface area contributed by atoms with Crippen LogP contribution in [0.3, 0.4) is 0 Å². The van der Waals surface area contributed by atoms with E-state index in [0.717, 1.165) is 24.0 Å². The van der Waals surface area contributed by atoms with Gasteiger partial charge in [-0.15, -0.1) is 0 Å². The van der Waals surface area contributed by atoms with Gasteiger partial charge in [0.15, 0.2) is 0 Å². The van der Waals surface area contributed by atoms with Gasteiger partial charge >= 0.3 is 5.97 Å². The predicted molar refractivity (Wildman–Crippen MR) is 72.0 cm³/mol. The molecule has 1 saturated carbocycles. The zero-order chi connectivity index (χ0) is 13.8. The molecule has 0 bridgehead atoms. The summed E-state index contributed by atoms with van der Waals surface area (Å²) in [6.07, 6.45) is 2.31. The van der Waals surface area contributed by atoms with Gasteiger partial charge in [-0.3, -0.25) is 9.59 Å². The van der Waals surface area contributed by atoms with Crippen molar-refractivity contribution in [1.82, 2.24) is 5.32 Å². The van der Waals surface area contributed by atoms with Crippen molar-refractivity contribution in [2.45, 2.75) is 44.6 Å². The number of amides is 1. The normalized spacial score (nSPS) is 15.8. The smallest absolute Gasteiger partial charge is 0.303 e. The van der Waals surface area contributed by atoms with Crippen molar-refractivity contribution >= 4 is 11.9 Å². The van der Waals surface area contributed by atoms with E-state index < -0.39 is 5.97 Å². The van der Waals surface area contributed by atoms with E-state index in [0.29, 0.717) is 6.04 Å². The molecule has 4 heteroatoms. The van der Waals surface area contributed by atoms with Crippen molar-refractivity contribution in [3.8, 4) is 0 Å². The highest BCUT2D eigenvalue weighted by atomic mass is 16.4. The molecule has 0 spiro atoms. The van der Waals surface area contributed by atoms with Gasteiger partial charge in [-0.2, -0.15) is 0 Å². The molecule has 4 nitrogen and oxygen atoms in total. The van der Waals surface area contributed by atoms with Crippen LogP contribution < -0.4 is 5.32 Å². The molecule has 0 aliphatic heterocycles. The van der Waals surface area contributed by atoms with Gasteiger partial charge in [0.05, 0.1) is 6.42 Å². The van der Waals surface area contributed by atoms with E-state index in [-0.39, 0.29) is 24.7 Å². The van der Waals surface area contributed by atoms with E-state index in [2.05, 4.69) is 5.32 Å². The lowest BCUT2D eigenvalue weighted by Crippen LogP contribution is -2.27. The molecule has 1 aliphatic rings. The van der Waals surface area contributed by atoms with Crippen LogP contribution in [0.4, 0.5) is 0 Å². The molecule has 0 saturated heterocycles. The molecule has 2 rings (SSSR count). The summed E-state index contributed by atoms with van der Waals surface area (Å²) >= 11 is 0. The Bertz CT molecular complexity index is 463. The van der Waals surface area contributed by atoms with Gasteiger partial charge in [0.2, 0.25) is 5.91 Å². The van der Waals surface area contributed by atoms with Gasteiger partial charge in [0.25, 0.3) is 0 Å². The topological polar surface area (TPSA) is 66.4 Å². The van der Waals surface area contributed by atoms with E-state index in [4.69, 9.17) is 5.11 Å². The van der Waals surface area contributed by atoms with Crippen LogP contribution in [0.15, 0.2) is 24.3 Å². The maximum absolute atomic E-state index is 11.8. The highest BCUT2D eigenvalue weighted by Gasteiger charge is 2.25. The number of aliphatic carboxylic acids is 1. The number of rotatable bonds is 6. The van der Waals surface area contributed by atoms with Crippen molar-refractivity contribution in [3.63, 3.8) is 0 Å². The number of hydrogen-bond acceptors (Lipinski definition) is 2. The summed E-state index contributed by atoms with van der Waals surface area (Å²) in [7, 11) is 0. The monoisotopic (exact) mass is 261 g/mol. The number of carbonyl (C=O) groups is 2. The number of carboxylic acid groups (broad SMARTS) is 1. The molecular formula is C15H19NO3. The lowest BCUT2D eigenvalue weighted by atomic mass is 9.91. The molecule has 1 aliphatic carbocycles. The van der Waals surface area contributed by atoms with Crippen LogP contribution in [-0.4, -0.2) is 23.0 Å². The van der Waals surface area contributed by atoms with Gasteiger partial charge in [0.1, 0.15) is 0 Å². The Morgan fingerprint density at radius 1 is 1.26 bits per heavy atom. The second kappa shape index (κ2) is 5.87. The highest BCUT2D eigenvalue weighted by Crippen LogP contribution is 2.25. The summed E-state index contributed by atoms with van der Waals surface area (Å²) in [5.74, 6) is -1.17. The SMILES string of the molecule is Cc1ccc(C(CC(=O)O)CC(=O)NC2CC2)cc1. The number of aryl methyl sites for hydroxylation is 1. The quantitative estimate of drug-likeness (QED) is 0.825. The van der Waals surface area contributed by atoms with E-state index in [1.165, 1.54) is 0 Å². The second-order valence-electron chi connectivity index (χ2n) is 5.25. The van der Waals surface area contributed by atoms with Gasteiger partial charge < -0.3 is 10.4 Å². The summed E-state index contributed by atoms with van der Waals surface area (Å²) in [5.41, 5.74) is 2.04. The van der Waals surface area contributed by atoms with Crippen LogP contribution in [0.2, 0.25) is 0 Å². The van der Waals surface area contributed by atoms with Gasteiger partial charge in [-0.05, 0) is 25.3 Å². The Balaban J connectivity index is 2.03. The summed E-state index contributed by atoms with van der Waals surface area (Å²) in [6.45, 7) is 1.98. The maximum Gasteiger partial charge on any atom is 0.303 e. The average Bonchev–Trinajstić information content (AvgIpc) is 3.12. The number of carboxylic acids is 1. The molecule has 1 unspecified atom stereocenters. The standard InChI is InChI=1S/C15H19NO3/c1-10-2-4-11(5-3-10)12(9-15(18)19)8-14(17)16-13-6-7-13/h2-5,12-13H,6-9H2,1H3,(H,16,17)(H,18,19). The van der Waals surface area contributed by atoms with E-state index >= 15 is 0 Å². The molecule has 0 aromatic heterocycles. The third-order valence-corrected chi connectivity index (χ3v) is 3.34. The summed E-state index contributed by atoms with van der Waals surface area (Å²) in [4.78, 5) is 22.8. The predicted octanol–water partition coefficient (Wildman–Crippen LogP) is 2.22. The summed E-state index contributed by atoms with van der Waals surface area (Å²) in [6, 6.07) is 8.03. The van der Waals surface area contributed by atoms with E-state index in [1.54, 1.807) is 0 Å². The number of hydrogen-bond donors (Lipinski definition) is 2. The minimum absolute atomic E-state index is 0.0128. The molecule has 1 atom stereocenters.